The standard InChI is InChI=1S/C6H9BrO2/c7-5(4-8)6-2-1-3-9-6/h4-6H,1-3H2/t5-,6+/m1/s1. The number of alkyl halides is 1. The van der Waals surface area contributed by atoms with Crippen LogP contribution < -0.4 is 0 Å². The van der Waals surface area contributed by atoms with Crippen LogP contribution in [0.25, 0.3) is 0 Å². The number of hydrogen-bond acceptors (Lipinski definition) is 2. The lowest BCUT2D eigenvalue weighted by Crippen LogP contribution is -2.20. The zero-order chi connectivity index (χ0) is 6.69. The Bertz CT molecular complexity index is 99.2. The molecular formula is C6H9BrO2. The summed E-state index contributed by atoms with van der Waals surface area (Å²) in [4.78, 5) is 10.1. The Balaban J connectivity index is 2.32. The van der Waals surface area contributed by atoms with Gasteiger partial charge in [-0.15, -0.1) is 0 Å². The molecule has 0 saturated carbocycles. The highest BCUT2D eigenvalue weighted by Crippen LogP contribution is 2.18. The molecule has 1 aliphatic heterocycles. The fourth-order valence-electron chi connectivity index (χ4n) is 0.941. The molecule has 2 nitrogen and oxygen atoms in total. The molecule has 1 fully saturated rings. The number of carbonyl (C=O) groups excluding carboxylic acids is 1. The molecule has 2 atom stereocenters. The molecular weight excluding hydrogens is 184 g/mol. The molecule has 9 heavy (non-hydrogen) atoms. The monoisotopic (exact) mass is 192 g/mol. The number of ether oxygens (including phenoxy) is 1. The predicted molar refractivity (Wildman–Crippen MR) is 37.8 cm³/mol. The largest absolute Gasteiger partial charge is 0.377 e. The lowest BCUT2D eigenvalue weighted by Gasteiger charge is -2.08. The third kappa shape index (κ3) is 1.76. The van der Waals surface area contributed by atoms with Crippen molar-refractivity contribution in [3.63, 3.8) is 0 Å². The molecule has 0 amide bonds. The highest BCUT2D eigenvalue weighted by atomic mass is 79.9. The second-order valence-electron chi connectivity index (χ2n) is 2.13. The summed E-state index contributed by atoms with van der Waals surface area (Å²) in [5, 5.41) is 0. The van der Waals surface area contributed by atoms with Crippen LogP contribution >= 0.6 is 15.9 Å². The van der Waals surface area contributed by atoms with Gasteiger partial charge in [0.05, 0.1) is 10.9 Å². The van der Waals surface area contributed by atoms with Crippen LogP contribution in [0.1, 0.15) is 12.8 Å². The van der Waals surface area contributed by atoms with Crippen LogP contribution in [0.5, 0.6) is 0 Å². The first-order chi connectivity index (χ1) is 4.34. The zero-order valence-electron chi connectivity index (χ0n) is 5.05. The van der Waals surface area contributed by atoms with E-state index < -0.39 is 0 Å². The van der Waals surface area contributed by atoms with Crippen molar-refractivity contribution in [1.29, 1.82) is 0 Å². The van der Waals surface area contributed by atoms with E-state index in [0.29, 0.717) is 0 Å². The highest BCUT2D eigenvalue weighted by Gasteiger charge is 2.22. The Kier molecular flexibility index (Phi) is 2.66. The van der Waals surface area contributed by atoms with E-state index >= 15 is 0 Å². The normalized spacial score (nSPS) is 30.1. The Labute approximate surface area is 62.7 Å². The Morgan fingerprint density at radius 1 is 1.78 bits per heavy atom. The van der Waals surface area contributed by atoms with Gasteiger partial charge in [0.2, 0.25) is 0 Å². The molecule has 52 valence electrons. The molecule has 1 heterocycles. The highest BCUT2D eigenvalue weighted by molar-refractivity contribution is 9.10. The summed E-state index contributed by atoms with van der Waals surface area (Å²) in [6, 6.07) is 0. The summed E-state index contributed by atoms with van der Waals surface area (Å²) in [5.41, 5.74) is 0. The quantitative estimate of drug-likeness (QED) is 0.485. The molecule has 0 unspecified atom stereocenters. The minimum absolute atomic E-state index is 0.0972. The van der Waals surface area contributed by atoms with Gasteiger partial charge in [-0.05, 0) is 12.8 Å². The summed E-state index contributed by atoms with van der Waals surface area (Å²) in [7, 11) is 0. The molecule has 0 bridgehead atoms. The van der Waals surface area contributed by atoms with Crippen molar-refractivity contribution >= 4 is 22.2 Å². The van der Waals surface area contributed by atoms with Crippen molar-refractivity contribution in [2.24, 2.45) is 0 Å². The maximum absolute atomic E-state index is 10.2. The summed E-state index contributed by atoms with van der Waals surface area (Å²) in [6.45, 7) is 0.806. The summed E-state index contributed by atoms with van der Waals surface area (Å²) in [5.74, 6) is 0. The molecule has 0 aromatic heterocycles. The number of aldehydes is 1. The van der Waals surface area contributed by atoms with E-state index in [1.165, 1.54) is 0 Å². The van der Waals surface area contributed by atoms with E-state index in [0.717, 1.165) is 25.7 Å². The van der Waals surface area contributed by atoms with Crippen molar-refractivity contribution in [2.75, 3.05) is 6.61 Å². The molecule has 0 aromatic rings. The van der Waals surface area contributed by atoms with Crippen molar-refractivity contribution in [3.05, 3.63) is 0 Å². The van der Waals surface area contributed by atoms with E-state index in [4.69, 9.17) is 4.74 Å². The molecule has 1 aliphatic rings. The maximum atomic E-state index is 10.2. The van der Waals surface area contributed by atoms with Gasteiger partial charge in [-0.25, -0.2) is 0 Å². The van der Waals surface area contributed by atoms with Crippen LogP contribution in [0.4, 0.5) is 0 Å². The number of halogens is 1. The topological polar surface area (TPSA) is 26.3 Å². The molecule has 0 aliphatic carbocycles. The SMILES string of the molecule is O=C[C@@H](Br)[C@@H]1CCCO1. The first-order valence-electron chi connectivity index (χ1n) is 3.05. The number of carbonyl (C=O) groups is 1. The van der Waals surface area contributed by atoms with Crippen LogP contribution in [0.3, 0.4) is 0 Å². The lowest BCUT2D eigenvalue weighted by atomic mass is 10.2. The van der Waals surface area contributed by atoms with Crippen molar-refractivity contribution in [2.45, 2.75) is 23.8 Å². The second kappa shape index (κ2) is 3.32. The molecule has 0 radical (unpaired) electrons. The van der Waals surface area contributed by atoms with Gasteiger partial charge in [-0.1, -0.05) is 15.9 Å². The van der Waals surface area contributed by atoms with Gasteiger partial charge in [0, 0.05) is 6.61 Å². The van der Waals surface area contributed by atoms with Gasteiger partial charge in [0.25, 0.3) is 0 Å². The lowest BCUT2D eigenvalue weighted by molar-refractivity contribution is -0.109. The van der Waals surface area contributed by atoms with Gasteiger partial charge < -0.3 is 9.53 Å². The third-order valence-electron chi connectivity index (χ3n) is 1.45. The minimum Gasteiger partial charge on any atom is -0.377 e. The first kappa shape index (κ1) is 7.22. The average Bonchev–Trinajstić information content (AvgIpc) is 2.37. The molecule has 1 rings (SSSR count). The van der Waals surface area contributed by atoms with Crippen molar-refractivity contribution in [3.8, 4) is 0 Å². The van der Waals surface area contributed by atoms with Crippen molar-refractivity contribution in [1.82, 2.24) is 0 Å². The fraction of sp³-hybridized carbons (Fsp3) is 0.833. The Morgan fingerprint density at radius 2 is 2.56 bits per heavy atom. The molecule has 1 saturated heterocycles. The van der Waals surface area contributed by atoms with Crippen molar-refractivity contribution < 1.29 is 9.53 Å². The van der Waals surface area contributed by atoms with E-state index in [1.54, 1.807) is 0 Å². The van der Waals surface area contributed by atoms with E-state index in [1.807, 2.05) is 0 Å². The zero-order valence-corrected chi connectivity index (χ0v) is 6.63. The van der Waals surface area contributed by atoms with Crippen LogP contribution in [0.2, 0.25) is 0 Å². The summed E-state index contributed by atoms with van der Waals surface area (Å²) < 4.78 is 5.23. The molecule has 0 aromatic carbocycles. The predicted octanol–water partition coefficient (Wildman–Crippen LogP) is 1.13. The van der Waals surface area contributed by atoms with Gasteiger partial charge in [0.1, 0.15) is 6.29 Å². The first-order valence-corrected chi connectivity index (χ1v) is 3.97. The van der Waals surface area contributed by atoms with E-state index in [-0.39, 0.29) is 10.9 Å². The molecule has 0 spiro atoms. The minimum atomic E-state index is -0.0972. The number of hydrogen-bond donors (Lipinski definition) is 0. The van der Waals surface area contributed by atoms with Gasteiger partial charge >= 0.3 is 0 Å². The van der Waals surface area contributed by atoms with Gasteiger partial charge in [-0.3, -0.25) is 0 Å². The smallest absolute Gasteiger partial charge is 0.136 e. The van der Waals surface area contributed by atoms with Crippen LogP contribution in [-0.4, -0.2) is 23.8 Å². The second-order valence-corrected chi connectivity index (χ2v) is 3.19. The Hall–Kier alpha value is 0.110. The van der Waals surface area contributed by atoms with E-state index in [2.05, 4.69) is 15.9 Å². The summed E-state index contributed by atoms with van der Waals surface area (Å²) in [6.07, 6.45) is 3.10. The summed E-state index contributed by atoms with van der Waals surface area (Å²) >= 11 is 3.21. The van der Waals surface area contributed by atoms with Crippen LogP contribution in [0, 0.1) is 0 Å². The van der Waals surface area contributed by atoms with Crippen LogP contribution in [-0.2, 0) is 9.53 Å². The molecule has 3 heteroatoms. The fourth-order valence-corrected chi connectivity index (χ4v) is 1.36. The number of rotatable bonds is 2. The maximum Gasteiger partial charge on any atom is 0.136 e. The third-order valence-corrected chi connectivity index (χ3v) is 2.26. The molecule has 0 N–H and O–H groups in total. The Morgan fingerprint density at radius 3 is 3.00 bits per heavy atom. The van der Waals surface area contributed by atoms with Gasteiger partial charge in [0.15, 0.2) is 0 Å². The van der Waals surface area contributed by atoms with Gasteiger partial charge in [-0.2, -0.15) is 0 Å². The average molecular weight is 193 g/mol. The van der Waals surface area contributed by atoms with Crippen LogP contribution in [0.15, 0.2) is 0 Å². The van der Waals surface area contributed by atoms with E-state index in [9.17, 15) is 4.79 Å².